The van der Waals surface area contributed by atoms with Crippen molar-refractivity contribution in [3.8, 4) is 0 Å². The highest BCUT2D eigenvalue weighted by molar-refractivity contribution is 7.91. The molecule has 2 N–H and O–H groups in total. The minimum Gasteiger partial charge on any atom is -0.314 e. The van der Waals surface area contributed by atoms with Gasteiger partial charge < -0.3 is 10.6 Å². The van der Waals surface area contributed by atoms with Gasteiger partial charge in [-0.05, 0) is 24.3 Å². The third-order valence-corrected chi connectivity index (χ3v) is 4.80. The number of nitrogens with one attached hydrogen (secondary N) is 2. The van der Waals surface area contributed by atoms with Crippen LogP contribution in [-0.2, 0) is 9.84 Å². The highest BCUT2D eigenvalue weighted by Gasteiger charge is 2.22. The van der Waals surface area contributed by atoms with Crippen LogP contribution in [0.25, 0.3) is 0 Å². The molecule has 1 aliphatic rings. The molecule has 1 fully saturated rings. The van der Waals surface area contributed by atoms with Crippen LogP contribution in [0.1, 0.15) is 0 Å². The van der Waals surface area contributed by atoms with E-state index < -0.39 is 9.84 Å². The molecular formula is C11H16Cl2N2O2S. The van der Waals surface area contributed by atoms with Crippen LogP contribution in [-0.4, -0.2) is 39.8 Å². The molecule has 2 rings (SSSR count). The highest BCUT2D eigenvalue weighted by atomic mass is 35.5. The molecule has 0 radical (unpaired) electrons. The molecule has 0 aliphatic carbocycles. The molecule has 1 saturated heterocycles. The van der Waals surface area contributed by atoms with Crippen LogP contribution >= 0.6 is 24.0 Å². The Bertz CT molecular complexity index is 470. The van der Waals surface area contributed by atoms with Crippen molar-refractivity contribution >= 4 is 33.8 Å². The van der Waals surface area contributed by atoms with Crippen LogP contribution in [0.2, 0.25) is 5.02 Å². The zero-order valence-electron chi connectivity index (χ0n) is 9.73. The van der Waals surface area contributed by atoms with Crippen LogP contribution in [0.4, 0.5) is 0 Å². The van der Waals surface area contributed by atoms with Gasteiger partial charge in [-0.1, -0.05) is 11.6 Å². The van der Waals surface area contributed by atoms with E-state index in [1.807, 2.05) is 0 Å². The number of rotatable bonds is 3. The van der Waals surface area contributed by atoms with Gasteiger partial charge in [0.1, 0.15) is 0 Å². The normalized spacial score (nSPS) is 20.2. The Balaban J connectivity index is 0.00000162. The first-order chi connectivity index (χ1) is 8.08. The van der Waals surface area contributed by atoms with Gasteiger partial charge in [0.15, 0.2) is 9.84 Å². The lowest BCUT2D eigenvalue weighted by Crippen LogP contribution is -2.51. The maximum absolute atomic E-state index is 12.1. The minimum atomic E-state index is -3.24. The average molecular weight is 311 g/mol. The first-order valence-corrected chi connectivity index (χ1v) is 7.53. The zero-order chi connectivity index (χ0) is 12.3. The number of hydrogen-bond donors (Lipinski definition) is 2. The van der Waals surface area contributed by atoms with Crippen molar-refractivity contribution in [2.24, 2.45) is 0 Å². The largest absolute Gasteiger partial charge is 0.314 e. The predicted octanol–water partition coefficient (Wildman–Crippen LogP) is 1.10. The van der Waals surface area contributed by atoms with Gasteiger partial charge in [-0.2, -0.15) is 0 Å². The van der Waals surface area contributed by atoms with Crippen molar-refractivity contribution in [2.75, 3.05) is 25.4 Å². The van der Waals surface area contributed by atoms with E-state index in [1.165, 1.54) is 0 Å². The summed E-state index contributed by atoms with van der Waals surface area (Å²) >= 11 is 5.74. The summed E-state index contributed by atoms with van der Waals surface area (Å²) in [5.41, 5.74) is 0. The fraction of sp³-hybridized carbons (Fsp3) is 0.455. The molecule has 0 bridgehead atoms. The van der Waals surface area contributed by atoms with Gasteiger partial charge in [0.25, 0.3) is 0 Å². The van der Waals surface area contributed by atoms with Crippen molar-refractivity contribution < 1.29 is 8.42 Å². The van der Waals surface area contributed by atoms with Crippen LogP contribution in [0.5, 0.6) is 0 Å². The van der Waals surface area contributed by atoms with Crippen LogP contribution in [0.3, 0.4) is 0 Å². The molecule has 1 aromatic carbocycles. The molecule has 0 amide bonds. The number of halogens is 2. The molecule has 1 atom stereocenters. The molecule has 0 unspecified atom stereocenters. The quantitative estimate of drug-likeness (QED) is 0.877. The van der Waals surface area contributed by atoms with E-state index in [0.717, 1.165) is 13.1 Å². The monoisotopic (exact) mass is 310 g/mol. The molecule has 7 heteroatoms. The summed E-state index contributed by atoms with van der Waals surface area (Å²) in [7, 11) is -3.24. The Kier molecular flexibility index (Phi) is 5.88. The van der Waals surface area contributed by atoms with E-state index in [4.69, 9.17) is 11.6 Å². The summed E-state index contributed by atoms with van der Waals surface area (Å²) in [6.07, 6.45) is 0. The van der Waals surface area contributed by atoms with Gasteiger partial charge in [0, 0.05) is 30.7 Å². The summed E-state index contributed by atoms with van der Waals surface area (Å²) in [5, 5.41) is 6.90. The van der Waals surface area contributed by atoms with E-state index in [9.17, 15) is 8.42 Å². The maximum atomic E-state index is 12.1. The average Bonchev–Trinajstić information content (AvgIpc) is 2.30. The molecule has 0 spiro atoms. The lowest BCUT2D eigenvalue weighted by Gasteiger charge is -2.24. The minimum absolute atomic E-state index is 0. The number of hydrogen-bond acceptors (Lipinski definition) is 4. The van der Waals surface area contributed by atoms with Gasteiger partial charge in [-0.15, -0.1) is 12.4 Å². The van der Waals surface area contributed by atoms with E-state index in [0.29, 0.717) is 16.5 Å². The fourth-order valence-electron chi connectivity index (χ4n) is 1.83. The van der Waals surface area contributed by atoms with Crippen LogP contribution in [0.15, 0.2) is 29.2 Å². The van der Waals surface area contributed by atoms with E-state index >= 15 is 0 Å². The molecule has 1 aliphatic heterocycles. The molecule has 1 heterocycles. The van der Waals surface area contributed by atoms with Crippen molar-refractivity contribution in [2.45, 2.75) is 10.9 Å². The highest BCUT2D eigenvalue weighted by Crippen LogP contribution is 2.16. The Labute approximate surface area is 118 Å². The van der Waals surface area contributed by atoms with Gasteiger partial charge >= 0.3 is 0 Å². The van der Waals surface area contributed by atoms with Crippen molar-refractivity contribution in [1.82, 2.24) is 10.6 Å². The van der Waals surface area contributed by atoms with Crippen molar-refractivity contribution in [1.29, 1.82) is 0 Å². The zero-order valence-corrected chi connectivity index (χ0v) is 12.1. The molecule has 0 aromatic heterocycles. The third-order valence-electron chi connectivity index (χ3n) is 2.72. The van der Waals surface area contributed by atoms with Gasteiger partial charge in [0.2, 0.25) is 0 Å². The predicted molar refractivity (Wildman–Crippen MR) is 75.4 cm³/mol. The lowest BCUT2D eigenvalue weighted by molar-refractivity contribution is 0.440. The summed E-state index contributed by atoms with van der Waals surface area (Å²) in [4.78, 5) is 0.328. The molecule has 1 aromatic rings. The summed E-state index contributed by atoms with van der Waals surface area (Å²) in [6, 6.07) is 6.27. The second-order valence-electron chi connectivity index (χ2n) is 4.09. The van der Waals surface area contributed by atoms with Crippen molar-refractivity contribution in [3.63, 3.8) is 0 Å². The first-order valence-electron chi connectivity index (χ1n) is 5.50. The van der Waals surface area contributed by atoms with Gasteiger partial charge in [0.05, 0.1) is 10.6 Å². The number of benzene rings is 1. The SMILES string of the molecule is Cl.O=S(=O)(C[C@@H]1CNCCN1)c1ccc(Cl)cc1. The van der Waals surface area contributed by atoms with Gasteiger partial charge in [-0.25, -0.2) is 8.42 Å². The standard InChI is InChI=1S/C11H15ClN2O2S.ClH/c12-9-1-3-11(4-2-9)17(15,16)8-10-7-13-5-6-14-10;/h1-4,10,13-14H,5-8H2;1H/t10-;/m0./s1. The second kappa shape index (κ2) is 6.73. The lowest BCUT2D eigenvalue weighted by atomic mass is 10.3. The van der Waals surface area contributed by atoms with Gasteiger partial charge in [-0.3, -0.25) is 0 Å². The van der Waals surface area contributed by atoms with E-state index in [2.05, 4.69) is 10.6 Å². The Morgan fingerprint density at radius 2 is 1.89 bits per heavy atom. The van der Waals surface area contributed by atoms with E-state index in [-0.39, 0.29) is 24.2 Å². The summed E-state index contributed by atoms with van der Waals surface area (Å²) < 4.78 is 24.2. The molecular weight excluding hydrogens is 295 g/mol. The molecule has 4 nitrogen and oxygen atoms in total. The Hall–Kier alpha value is -0.330. The second-order valence-corrected chi connectivity index (χ2v) is 6.56. The maximum Gasteiger partial charge on any atom is 0.179 e. The Morgan fingerprint density at radius 3 is 2.44 bits per heavy atom. The van der Waals surface area contributed by atoms with Crippen LogP contribution in [0, 0.1) is 0 Å². The van der Waals surface area contributed by atoms with E-state index in [1.54, 1.807) is 24.3 Å². The Morgan fingerprint density at radius 1 is 1.22 bits per heavy atom. The molecule has 0 saturated carbocycles. The topological polar surface area (TPSA) is 58.2 Å². The first kappa shape index (κ1) is 15.7. The van der Waals surface area contributed by atoms with Crippen LogP contribution < -0.4 is 10.6 Å². The number of sulfone groups is 1. The fourth-order valence-corrected chi connectivity index (χ4v) is 3.47. The van der Waals surface area contributed by atoms with Crippen molar-refractivity contribution in [3.05, 3.63) is 29.3 Å². The molecule has 102 valence electrons. The summed E-state index contributed by atoms with van der Waals surface area (Å²) in [5.74, 6) is 0.113. The third kappa shape index (κ3) is 4.10. The number of piperazine rings is 1. The molecule has 18 heavy (non-hydrogen) atoms. The summed E-state index contributed by atoms with van der Waals surface area (Å²) in [6.45, 7) is 2.38. The smallest absolute Gasteiger partial charge is 0.179 e.